The molecular formula is C29H35N3O8S3. The van der Waals surface area contributed by atoms with Crippen molar-refractivity contribution in [1.82, 2.24) is 9.62 Å². The van der Waals surface area contributed by atoms with Crippen LogP contribution in [0.25, 0.3) is 0 Å². The molecule has 11 nitrogen and oxygen atoms in total. The summed E-state index contributed by atoms with van der Waals surface area (Å²) in [7, 11) is -7.68. The van der Waals surface area contributed by atoms with Gasteiger partial charge in [-0.05, 0) is 86.0 Å². The molecule has 0 aromatic heterocycles. The van der Waals surface area contributed by atoms with Crippen molar-refractivity contribution in [2.24, 2.45) is 0 Å². The van der Waals surface area contributed by atoms with Gasteiger partial charge >= 0.3 is 0 Å². The fourth-order valence-corrected chi connectivity index (χ4v) is 7.49. The van der Waals surface area contributed by atoms with Gasteiger partial charge in [0.15, 0.2) is 0 Å². The lowest BCUT2D eigenvalue weighted by molar-refractivity contribution is -0.119. The number of morpholine rings is 1. The number of amides is 1. The zero-order chi connectivity index (χ0) is 30.9. The van der Waals surface area contributed by atoms with Gasteiger partial charge < -0.3 is 19.5 Å². The molecule has 3 aromatic rings. The van der Waals surface area contributed by atoms with Crippen molar-refractivity contribution in [3.05, 3.63) is 72.8 Å². The first-order valence-corrected chi connectivity index (χ1v) is 17.7. The van der Waals surface area contributed by atoms with E-state index in [0.717, 1.165) is 9.20 Å². The van der Waals surface area contributed by atoms with Crippen LogP contribution in [0.1, 0.15) is 6.92 Å². The molecule has 14 heteroatoms. The summed E-state index contributed by atoms with van der Waals surface area (Å²) in [5, 5.41) is 2.69. The summed E-state index contributed by atoms with van der Waals surface area (Å²) >= 11 is 1.50. The molecule has 1 aliphatic rings. The highest BCUT2D eigenvalue weighted by molar-refractivity contribution is 7.98. The zero-order valence-corrected chi connectivity index (χ0v) is 26.4. The number of nitrogens with zero attached hydrogens (tertiary/aromatic N) is 2. The molecule has 4 rings (SSSR count). The number of hydrogen-bond acceptors (Lipinski definition) is 9. The summed E-state index contributed by atoms with van der Waals surface area (Å²) in [5.74, 6) is 0.498. The van der Waals surface area contributed by atoms with Gasteiger partial charge in [0.2, 0.25) is 15.9 Å². The number of sulfonamides is 2. The average Bonchev–Trinajstić information content (AvgIpc) is 3.03. The highest BCUT2D eigenvalue weighted by atomic mass is 32.2. The van der Waals surface area contributed by atoms with E-state index in [9.17, 15) is 21.6 Å². The maximum absolute atomic E-state index is 13.6. The molecule has 0 atom stereocenters. The van der Waals surface area contributed by atoms with Gasteiger partial charge in [0.25, 0.3) is 10.0 Å². The molecular weight excluding hydrogens is 615 g/mol. The van der Waals surface area contributed by atoms with Crippen LogP contribution in [0.4, 0.5) is 5.69 Å². The Morgan fingerprint density at radius 3 is 2.07 bits per heavy atom. The van der Waals surface area contributed by atoms with Gasteiger partial charge in [-0.3, -0.25) is 9.10 Å². The maximum Gasteiger partial charge on any atom is 0.264 e. The molecule has 3 aromatic carbocycles. The maximum atomic E-state index is 13.6. The summed E-state index contributed by atoms with van der Waals surface area (Å²) in [6, 6.07) is 19.0. The molecule has 232 valence electrons. The zero-order valence-electron chi connectivity index (χ0n) is 24.0. The first-order valence-electron chi connectivity index (χ1n) is 13.6. The number of thioether (sulfide) groups is 1. The van der Waals surface area contributed by atoms with E-state index in [1.54, 1.807) is 48.5 Å². The van der Waals surface area contributed by atoms with Crippen LogP contribution in [0.5, 0.6) is 11.5 Å². The van der Waals surface area contributed by atoms with Gasteiger partial charge in [0.05, 0.1) is 41.8 Å². The van der Waals surface area contributed by atoms with Crippen LogP contribution in [0, 0.1) is 0 Å². The monoisotopic (exact) mass is 649 g/mol. The van der Waals surface area contributed by atoms with Crippen molar-refractivity contribution in [2.45, 2.75) is 21.6 Å². The molecule has 1 amide bonds. The number of ether oxygens (including phenoxy) is 3. The number of carbonyl (C=O) groups excluding carboxylic acids is 1. The van der Waals surface area contributed by atoms with Gasteiger partial charge in [-0.25, -0.2) is 16.8 Å². The SMILES string of the molecule is CCOc1ccc(N(CC(=O)NCCOc2ccc(S(=O)(=O)N3CCOCC3)cc2)S(=O)(=O)c2ccc(SC)cc2)cc1. The van der Waals surface area contributed by atoms with Crippen molar-refractivity contribution >= 4 is 43.4 Å². The Kier molecular flexibility index (Phi) is 11.3. The van der Waals surface area contributed by atoms with Crippen molar-refractivity contribution in [1.29, 1.82) is 0 Å². The third-order valence-corrected chi connectivity index (χ3v) is 10.9. The number of benzene rings is 3. The van der Waals surface area contributed by atoms with Gasteiger partial charge in [-0.2, -0.15) is 4.31 Å². The Morgan fingerprint density at radius 1 is 0.884 bits per heavy atom. The topological polar surface area (TPSA) is 132 Å². The first-order chi connectivity index (χ1) is 20.6. The van der Waals surface area contributed by atoms with E-state index in [0.29, 0.717) is 50.1 Å². The molecule has 0 aliphatic carbocycles. The molecule has 0 saturated carbocycles. The largest absolute Gasteiger partial charge is 0.494 e. The Morgan fingerprint density at radius 2 is 1.47 bits per heavy atom. The minimum Gasteiger partial charge on any atom is -0.494 e. The van der Waals surface area contributed by atoms with Crippen LogP contribution < -0.4 is 19.1 Å². The van der Waals surface area contributed by atoms with Crippen LogP contribution in [0.15, 0.2) is 87.5 Å². The molecule has 1 fully saturated rings. The highest BCUT2D eigenvalue weighted by Crippen LogP contribution is 2.27. The minimum absolute atomic E-state index is 0.0643. The van der Waals surface area contributed by atoms with E-state index in [1.165, 1.54) is 40.3 Å². The van der Waals surface area contributed by atoms with E-state index in [2.05, 4.69) is 5.32 Å². The van der Waals surface area contributed by atoms with Crippen LogP contribution in [-0.4, -0.2) is 85.9 Å². The Labute approximate surface area is 257 Å². The van der Waals surface area contributed by atoms with Crippen molar-refractivity contribution in [3.63, 3.8) is 0 Å². The molecule has 0 unspecified atom stereocenters. The predicted octanol–water partition coefficient (Wildman–Crippen LogP) is 3.22. The number of carbonyl (C=O) groups is 1. The van der Waals surface area contributed by atoms with Crippen molar-refractivity contribution in [2.75, 3.05) is 63.2 Å². The standard InChI is InChI=1S/C29H35N3O8S3/c1-3-39-24-6-4-23(5-7-24)32(43(36,37)28-14-10-26(41-2)11-15-28)22-29(33)30-16-19-40-25-8-12-27(13-9-25)42(34,35)31-17-20-38-21-18-31/h4-15H,3,16-22H2,1-2H3,(H,30,33). The fourth-order valence-electron chi connectivity index (χ4n) is 4.25. The van der Waals surface area contributed by atoms with Crippen LogP contribution in [-0.2, 0) is 29.6 Å². The molecule has 1 saturated heterocycles. The van der Waals surface area contributed by atoms with Gasteiger partial charge in [0, 0.05) is 18.0 Å². The number of anilines is 1. The Bertz CT molecular complexity index is 1560. The van der Waals surface area contributed by atoms with E-state index in [-0.39, 0.29) is 22.9 Å². The second kappa shape index (κ2) is 14.9. The van der Waals surface area contributed by atoms with Crippen LogP contribution in [0.2, 0.25) is 0 Å². The van der Waals surface area contributed by atoms with E-state index < -0.39 is 32.5 Å². The van der Waals surface area contributed by atoms with Gasteiger partial charge in [-0.15, -0.1) is 11.8 Å². The number of rotatable bonds is 14. The molecule has 43 heavy (non-hydrogen) atoms. The highest BCUT2D eigenvalue weighted by Gasteiger charge is 2.28. The van der Waals surface area contributed by atoms with Gasteiger partial charge in [-0.1, -0.05) is 0 Å². The fraction of sp³-hybridized carbons (Fsp3) is 0.345. The Balaban J connectivity index is 1.37. The summed E-state index contributed by atoms with van der Waals surface area (Å²) in [6.07, 6.45) is 1.90. The lowest BCUT2D eigenvalue weighted by atomic mass is 10.3. The second-order valence-corrected chi connectivity index (χ2v) is 14.0. The minimum atomic E-state index is -4.07. The molecule has 0 radical (unpaired) electrons. The Hall–Kier alpha value is -3.30. The third-order valence-electron chi connectivity index (χ3n) is 6.49. The third kappa shape index (κ3) is 8.42. The van der Waals surface area contributed by atoms with Gasteiger partial charge in [0.1, 0.15) is 24.7 Å². The molecule has 1 aliphatic heterocycles. The summed E-state index contributed by atoms with van der Waals surface area (Å²) < 4.78 is 71.6. The molecule has 1 N–H and O–H groups in total. The van der Waals surface area contributed by atoms with Crippen molar-refractivity contribution < 1.29 is 35.8 Å². The van der Waals surface area contributed by atoms with Crippen LogP contribution >= 0.6 is 11.8 Å². The molecule has 0 bridgehead atoms. The van der Waals surface area contributed by atoms with E-state index >= 15 is 0 Å². The normalized spacial score (nSPS) is 14.2. The lowest BCUT2D eigenvalue weighted by Gasteiger charge is -2.26. The average molecular weight is 650 g/mol. The van der Waals surface area contributed by atoms with E-state index in [4.69, 9.17) is 14.2 Å². The molecule has 1 heterocycles. The summed E-state index contributed by atoms with van der Waals surface area (Å²) in [5.41, 5.74) is 0.316. The summed E-state index contributed by atoms with van der Waals surface area (Å²) in [6.45, 7) is 3.40. The molecule has 0 spiro atoms. The van der Waals surface area contributed by atoms with Crippen molar-refractivity contribution in [3.8, 4) is 11.5 Å². The predicted molar refractivity (Wildman–Crippen MR) is 165 cm³/mol. The first kappa shape index (κ1) is 32.6. The second-order valence-electron chi connectivity index (χ2n) is 9.30. The quantitative estimate of drug-likeness (QED) is 0.207. The number of hydrogen-bond donors (Lipinski definition) is 1. The summed E-state index contributed by atoms with van der Waals surface area (Å²) in [4.78, 5) is 14.0. The lowest BCUT2D eigenvalue weighted by Crippen LogP contribution is -2.41. The number of nitrogens with one attached hydrogen (secondary N) is 1. The van der Waals surface area contributed by atoms with E-state index in [1.807, 2.05) is 13.2 Å². The smallest absolute Gasteiger partial charge is 0.264 e. The van der Waals surface area contributed by atoms with Crippen LogP contribution in [0.3, 0.4) is 0 Å².